The standard InChI is InChI=1S/C12H14BrFN2O/c1-3-16-6-7(2)12(17)15-10-5-9(14)8(13)4-11(10)16/h4-5,7H,3,6H2,1-2H3,(H,15,17). The Morgan fingerprint density at radius 3 is 2.94 bits per heavy atom. The molecule has 1 N–H and O–H groups in total. The monoisotopic (exact) mass is 300 g/mol. The second-order valence-corrected chi connectivity index (χ2v) is 5.07. The van der Waals surface area contributed by atoms with Gasteiger partial charge in [-0.2, -0.15) is 0 Å². The molecule has 1 aromatic carbocycles. The first-order valence-electron chi connectivity index (χ1n) is 5.57. The zero-order valence-electron chi connectivity index (χ0n) is 9.76. The summed E-state index contributed by atoms with van der Waals surface area (Å²) in [5.74, 6) is -0.539. The summed E-state index contributed by atoms with van der Waals surface area (Å²) in [5.41, 5.74) is 1.40. The van der Waals surface area contributed by atoms with Crippen LogP contribution in [-0.4, -0.2) is 19.0 Å². The molecule has 92 valence electrons. The molecule has 1 aliphatic heterocycles. The first kappa shape index (κ1) is 12.4. The zero-order chi connectivity index (χ0) is 12.6. The minimum Gasteiger partial charge on any atom is -0.369 e. The van der Waals surface area contributed by atoms with Crippen LogP contribution in [0.15, 0.2) is 16.6 Å². The third kappa shape index (κ3) is 2.29. The number of amides is 1. The maximum atomic E-state index is 13.5. The number of benzene rings is 1. The molecular formula is C12H14BrFN2O. The lowest BCUT2D eigenvalue weighted by atomic mass is 10.1. The molecule has 0 aromatic heterocycles. The molecule has 2 rings (SSSR count). The fourth-order valence-corrected chi connectivity index (χ4v) is 2.30. The van der Waals surface area contributed by atoms with Crippen LogP contribution in [0.1, 0.15) is 13.8 Å². The molecule has 0 fully saturated rings. The van der Waals surface area contributed by atoms with E-state index in [0.717, 1.165) is 12.2 Å². The Hall–Kier alpha value is -1.10. The molecule has 1 amide bonds. The minimum absolute atomic E-state index is 0.0658. The van der Waals surface area contributed by atoms with E-state index in [-0.39, 0.29) is 17.6 Å². The van der Waals surface area contributed by atoms with Crippen molar-refractivity contribution in [3.8, 4) is 0 Å². The molecule has 1 unspecified atom stereocenters. The van der Waals surface area contributed by atoms with Gasteiger partial charge in [0.15, 0.2) is 0 Å². The van der Waals surface area contributed by atoms with Crippen molar-refractivity contribution in [3.05, 3.63) is 22.4 Å². The summed E-state index contributed by atoms with van der Waals surface area (Å²) in [5, 5.41) is 2.76. The van der Waals surface area contributed by atoms with E-state index in [1.807, 2.05) is 13.8 Å². The number of halogens is 2. The minimum atomic E-state index is -0.366. The van der Waals surface area contributed by atoms with Gasteiger partial charge in [0.1, 0.15) is 5.82 Å². The SMILES string of the molecule is CCN1CC(C)C(=O)Nc2cc(F)c(Br)cc21. The molecule has 0 saturated carbocycles. The highest BCUT2D eigenvalue weighted by molar-refractivity contribution is 9.10. The summed E-state index contributed by atoms with van der Waals surface area (Å²) in [7, 11) is 0. The van der Waals surface area contributed by atoms with Crippen LogP contribution in [0.4, 0.5) is 15.8 Å². The van der Waals surface area contributed by atoms with E-state index in [1.165, 1.54) is 6.07 Å². The topological polar surface area (TPSA) is 32.3 Å². The van der Waals surface area contributed by atoms with Gasteiger partial charge in [-0.15, -0.1) is 0 Å². The Morgan fingerprint density at radius 2 is 2.29 bits per heavy atom. The van der Waals surface area contributed by atoms with Crippen LogP contribution >= 0.6 is 15.9 Å². The second kappa shape index (κ2) is 4.64. The number of carbonyl (C=O) groups excluding carboxylic acids is 1. The molecule has 5 heteroatoms. The fourth-order valence-electron chi connectivity index (χ4n) is 1.97. The molecular weight excluding hydrogens is 287 g/mol. The van der Waals surface area contributed by atoms with Crippen LogP contribution in [-0.2, 0) is 4.79 Å². The van der Waals surface area contributed by atoms with E-state index in [1.54, 1.807) is 6.07 Å². The van der Waals surface area contributed by atoms with Crippen molar-refractivity contribution in [2.75, 3.05) is 23.3 Å². The Balaban J connectivity index is 2.52. The Kier molecular flexibility index (Phi) is 3.38. The summed E-state index contributed by atoms with van der Waals surface area (Å²) in [6.45, 7) is 5.32. The van der Waals surface area contributed by atoms with Gasteiger partial charge in [0, 0.05) is 19.2 Å². The highest BCUT2D eigenvalue weighted by Crippen LogP contribution is 2.34. The van der Waals surface area contributed by atoms with Gasteiger partial charge in [0.25, 0.3) is 0 Å². The van der Waals surface area contributed by atoms with Gasteiger partial charge in [-0.3, -0.25) is 4.79 Å². The zero-order valence-corrected chi connectivity index (χ0v) is 11.3. The van der Waals surface area contributed by atoms with Gasteiger partial charge < -0.3 is 10.2 Å². The average molecular weight is 301 g/mol. The number of anilines is 2. The van der Waals surface area contributed by atoms with Crippen molar-refractivity contribution in [2.24, 2.45) is 5.92 Å². The van der Waals surface area contributed by atoms with Gasteiger partial charge in [-0.05, 0) is 28.9 Å². The van der Waals surface area contributed by atoms with Crippen LogP contribution in [0.25, 0.3) is 0 Å². The van der Waals surface area contributed by atoms with Crippen LogP contribution in [0.5, 0.6) is 0 Å². The first-order valence-corrected chi connectivity index (χ1v) is 6.37. The number of fused-ring (bicyclic) bond motifs is 1. The number of hydrogen-bond donors (Lipinski definition) is 1. The molecule has 0 spiro atoms. The molecule has 0 saturated heterocycles. The smallest absolute Gasteiger partial charge is 0.229 e. The maximum Gasteiger partial charge on any atom is 0.229 e. The van der Waals surface area contributed by atoms with Crippen molar-refractivity contribution in [2.45, 2.75) is 13.8 Å². The molecule has 0 radical (unpaired) electrons. The highest BCUT2D eigenvalue weighted by atomic mass is 79.9. The Morgan fingerprint density at radius 1 is 1.59 bits per heavy atom. The Bertz CT molecular complexity index is 464. The van der Waals surface area contributed by atoms with Gasteiger partial charge in [-0.1, -0.05) is 6.92 Å². The maximum absolute atomic E-state index is 13.5. The predicted octanol–water partition coefficient (Wildman–Crippen LogP) is 3.00. The van der Waals surface area contributed by atoms with Gasteiger partial charge >= 0.3 is 0 Å². The van der Waals surface area contributed by atoms with E-state index in [4.69, 9.17) is 0 Å². The van der Waals surface area contributed by atoms with Crippen molar-refractivity contribution in [1.82, 2.24) is 0 Å². The molecule has 17 heavy (non-hydrogen) atoms. The van der Waals surface area contributed by atoms with E-state index >= 15 is 0 Å². The van der Waals surface area contributed by atoms with E-state index < -0.39 is 0 Å². The van der Waals surface area contributed by atoms with E-state index in [0.29, 0.717) is 16.7 Å². The molecule has 0 bridgehead atoms. The van der Waals surface area contributed by atoms with Crippen LogP contribution < -0.4 is 10.2 Å². The predicted molar refractivity (Wildman–Crippen MR) is 69.8 cm³/mol. The average Bonchev–Trinajstić information content (AvgIpc) is 2.40. The van der Waals surface area contributed by atoms with Crippen molar-refractivity contribution in [1.29, 1.82) is 0 Å². The number of nitrogens with one attached hydrogen (secondary N) is 1. The summed E-state index contributed by atoms with van der Waals surface area (Å²) in [4.78, 5) is 13.8. The molecule has 1 aliphatic rings. The first-order chi connectivity index (χ1) is 8.02. The van der Waals surface area contributed by atoms with Gasteiger partial charge in [0.2, 0.25) is 5.91 Å². The van der Waals surface area contributed by atoms with Crippen LogP contribution in [0.3, 0.4) is 0 Å². The lowest BCUT2D eigenvalue weighted by Gasteiger charge is -2.24. The summed E-state index contributed by atoms with van der Waals surface area (Å²) in [6, 6.07) is 3.07. The third-order valence-corrected chi connectivity index (χ3v) is 3.57. The third-order valence-electron chi connectivity index (χ3n) is 2.96. The number of nitrogens with zero attached hydrogens (tertiary/aromatic N) is 1. The lowest BCUT2D eigenvalue weighted by molar-refractivity contribution is -0.119. The summed E-state index contributed by atoms with van der Waals surface area (Å²) in [6.07, 6.45) is 0. The number of hydrogen-bond acceptors (Lipinski definition) is 2. The molecule has 1 aromatic rings. The van der Waals surface area contributed by atoms with Crippen molar-refractivity contribution >= 4 is 33.2 Å². The van der Waals surface area contributed by atoms with Crippen molar-refractivity contribution < 1.29 is 9.18 Å². The summed E-state index contributed by atoms with van der Waals surface area (Å²) < 4.78 is 13.9. The molecule has 1 atom stereocenters. The fraction of sp³-hybridized carbons (Fsp3) is 0.417. The lowest BCUT2D eigenvalue weighted by Crippen LogP contribution is -2.30. The number of carbonyl (C=O) groups is 1. The van der Waals surface area contributed by atoms with Crippen molar-refractivity contribution in [3.63, 3.8) is 0 Å². The van der Waals surface area contributed by atoms with Crippen LogP contribution in [0.2, 0.25) is 0 Å². The second-order valence-electron chi connectivity index (χ2n) is 4.21. The molecule has 3 nitrogen and oxygen atoms in total. The van der Waals surface area contributed by atoms with E-state index in [9.17, 15) is 9.18 Å². The van der Waals surface area contributed by atoms with Crippen LogP contribution in [0, 0.1) is 11.7 Å². The normalized spacial score (nSPS) is 19.6. The van der Waals surface area contributed by atoms with E-state index in [2.05, 4.69) is 26.1 Å². The van der Waals surface area contributed by atoms with Gasteiger partial charge in [0.05, 0.1) is 21.8 Å². The highest BCUT2D eigenvalue weighted by Gasteiger charge is 2.25. The number of rotatable bonds is 1. The Labute approximate surface area is 108 Å². The molecule has 1 heterocycles. The summed E-state index contributed by atoms with van der Waals surface area (Å²) >= 11 is 3.17. The largest absolute Gasteiger partial charge is 0.369 e. The van der Waals surface area contributed by atoms with Gasteiger partial charge in [-0.25, -0.2) is 4.39 Å². The quantitative estimate of drug-likeness (QED) is 0.865. The molecule has 0 aliphatic carbocycles.